The highest BCUT2D eigenvalue weighted by Gasteiger charge is 2.23. The van der Waals surface area contributed by atoms with E-state index in [-0.39, 0.29) is 6.10 Å². The number of benzene rings is 1. The number of hydrogen-bond donors (Lipinski definition) is 1. The van der Waals surface area contributed by atoms with Crippen LogP contribution in [0.3, 0.4) is 0 Å². The van der Waals surface area contributed by atoms with Crippen LogP contribution >= 0.6 is 15.9 Å². The molecule has 2 unspecified atom stereocenters. The summed E-state index contributed by atoms with van der Waals surface area (Å²) in [6.45, 7) is 0.815. The van der Waals surface area contributed by atoms with Gasteiger partial charge in [0.25, 0.3) is 0 Å². The number of nitrogens with one attached hydrogen (secondary N) is 1. The Morgan fingerprint density at radius 1 is 1.32 bits per heavy atom. The van der Waals surface area contributed by atoms with Crippen molar-refractivity contribution in [2.24, 2.45) is 0 Å². The van der Waals surface area contributed by atoms with Gasteiger partial charge in [-0.05, 0) is 44.5 Å². The molecule has 1 aliphatic carbocycles. The normalized spacial score (nSPS) is 23.3. The van der Waals surface area contributed by atoms with Gasteiger partial charge in [0.15, 0.2) is 0 Å². The molecule has 4 heteroatoms. The number of ether oxygens (including phenoxy) is 2. The summed E-state index contributed by atoms with van der Waals surface area (Å²) in [5.41, 5.74) is 1.19. The van der Waals surface area contributed by atoms with Crippen molar-refractivity contribution in [2.75, 3.05) is 14.2 Å². The minimum absolute atomic E-state index is 0.274. The molecular weight excluding hydrogens is 306 g/mol. The molecule has 1 aromatic rings. The van der Waals surface area contributed by atoms with Gasteiger partial charge in [-0.2, -0.15) is 0 Å². The van der Waals surface area contributed by atoms with Crippen molar-refractivity contribution in [3.63, 3.8) is 0 Å². The van der Waals surface area contributed by atoms with E-state index < -0.39 is 0 Å². The summed E-state index contributed by atoms with van der Waals surface area (Å²) in [5.74, 6) is 0.985. The summed E-state index contributed by atoms with van der Waals surface area (Å²) in [4.78, 5) is 0. The molecule has 0 saturated heterocycles. The zero-order valence-electron chi connectivity index (χ0n) is 11.6. The fourth-order valence-electron chi connectivity index (χ4n) is 2.59. The minimum Gasteiger partial charge on any atom is -0.490 e. The fraction of sp³-hybridized carbons (Fsp3) is 0.600. The Hall–Kier alpha value is -0.580. The second kappa shape index (κ2) is 7.27. The predicted molar refractivity (Wildman–Crippen MR) is 80.6 cm³/mol. The summed E-state index contributed by atoms with van der Waals surface area (Å²) in [6.07, 6.45) is 5.07. The molecule has 1 aromatic carbocycles. The van der Waals surface area contributed by atoms with E-state index in [1.807, 2.05) is 19.2 Å². The van der Waals surface area contributed by atoms with Gasteiger partial charge in [-0.25, -0.2) is 0 Å². The van der Waals surface area contributed by atoms with E-state index in [0.717, 1.165) is 36.0 Å². The van der Waals surface area contributed by atoms with E-state index in [2.05, 4.69) is 27.3 Å². The van der Waals surface area contributed by atoms with Crippen molar-refractivity contribution >= 4 is 15.9 Å². The van der Waals surface area contributed by atoms with Crippen LogP contribution in [-0.2, 0) is 11.3 Å². The Labute approximate surface area is 123 Å². The van der Waals surface area contributed by atoms with Crippen LogP contribution in [0.1, 0.15) is 31.2 Å². The highest BCUT2D eigenvalue weighted by Crippen LogP contribution is 2.29. The molecule has 1 N–H and O–H groups in total. The zero-order valence-corrected chi connectivity index (χ0v) is 13.2. The molecule has 0 spiro atoms. The summed E-state index contributed by atoms with van der Waals surface area (Å²) < 4.78 is 12.7. The van der Waals surface area contributed by atoms with E-state index in [4.69, 9.17) is 9.47 Å². The second-order valence-electron chi connectivity index (χ2n) is 5.05. The lowest BCUT2D eigenvalue weighted by Gasteiger charge is -2.29. The summed E-state index contributed by atoms with van der Waals surface area (Å²) in [5, 5.41) is 3.18. The van der Waals surface area contributed by atoms with Crippen LogP contribution < -0.4 is 10.1 Å². The summed E-state index contributed by atoms with van der Waals surface area (Å²) in [7, 11) is 3.74. The van der Waals surface area contributed by atoms with Crippen LogP contribution in [0.5, 0.6) is 5.75 Å². The van der Waals surface area contributed by atoms with Crippen molar-refractivity contribution < 1.29 is 9.47 Å². The van der Waals surface area contributed by atoms with E-state index in [0.29, 0.717) is 6.10 Å². The third-order valence-corrected chi connectivity index (χ3v) is 4.09. The maximum Gasteiger partial charge on any atom is 0.124 e. The highest BCUT2D eigenvalue weighted by atomic mass is 79.9. The first-order valence-corrected chi connectivity index (χ1v) is 7.64. The molecule has 19 heavy (non-hydrogen) atoms. The Morgan fingerprint density at radius 2 is 2.11 bits per heavy atom. The Bertz CT molecular complexity index is 411. The van der Waals surface area contributed by atoms with Crippen molar-refractivity contribution in [1.82, 2.24) is 5.32 Å². The average molecular weight is 328 g/mol. The van der Waals surface area contributed by atoms with Crippen molar-refractivity contribution in [1.29, 1.82) is 0 Å². The first-order valence-electron chi connectivity index (χ1n) is 6.85. The van der Waals surface area contributed by atoms with Gasteiger partial charge in [0.2, 0.25) is 0 Å². The van der Waals surface area contributed by atoms with Crippen molar-refractivity contribution in [3.05, 3.63) is 28.2 Å². The van der Waals surface area contributed by atoms with E-state index in [9.17, 15) is 0 Å². The number of halogens is 1. The first kappa shape index (κ1) is 14.8. The topological polar surface area (TPSA) is 30.5 Å². The van der Waals surface area contributed by atoms with Crippen LogP contribution in [0.2, 0.25) is 0 Å². The molecule has 0 radical (unpaired) electrons. The van der Waals surface area contributed by atoms with E-state index >= 15 is 0 Å². The quantitative estimate of drug-likeness (QED) is 0.897. The third kappa shape index (κ3) is 4.20. The molecule has 0 bridgehead atoms. The molecule has 3 nitrogen and oxygen atoms in total. The molecule has 2 atom stereocenters. The number of methoxy groups -OCH3 is 1. The lowest BCUT2D eigenvalue weighted by atomic mass is 9.95. The highest BCUT2D eigenvalue weighted by molar-refractivity contribution is 9.10. The zero-order chi connectivity index (χ0) is 13.7. The van der Waals surface area contributed by atoms with Crippen LogP contribution in [0.15, 0.2) is 22.7 Å². The molecule has 1 fully saturated rings. The maximum absolute atomic E-state index is 6.19. The van der Waals surface area contributed by atoms with Crippen LogP contribution in [0.25, 0.3) is 0 Å². The Morgan fingerprint density at radius 3 is 2.84 bits per heavy atom. The van der Waals surface area contributed by atoms with E-state index in [1.165, 1.54) is 12.0 Å². The fourth-order valence-corrected chi connectivity index (χ4v) is 3.00. The van der Waals surface area contributed by atoms with Gasteiger partial charge in [-0.3, -0.25) is 0 Å². The standard InChI is InChI=1S/C15H22BrNO2/c1-17-10-11-8-12(16)6-7-15(11)19-14-5-3-4-13(9-14)18-2/h6-8,13-14,17H,3-5,9-10H2,1-2H3. The summed E-state index contributed by atoms with van der Waals surface area (Å²) >= 11 is 3.51. The smallest absolute Gasteiger partial charge is 0.124 e. The van der Waals surface area contributed by atoms with Gasteiger partial charge in [-0.1, -0.05) is 15.9 Å². The lowest BCUT2D eigenvalue weighted by molar-refractivity contribution is 0.0206. The van der Waals surface area contributed by atoms with Gasteiger partial charge in [0.1, 0.15) is 11.9 Å². The number of hydrogen-bond acceptors (Lipinski definition) is 3. The van der Waals surface area contributed by atoms with Gasteiger partial charge < -0.3 is 14.8 Å². The molecule has 0 heterocycles. The molecule has 1 saturated carbocycles. The average Bonchev–Trinajstić information content (AvgIpc) is 2.42. The van der Waals surface area contributed by atoms with Crippen molar-refractivity contribution in [2.45, 2.75) is 44.4 Å². The largest absolute Gasteiger partial charge is 0.490 e. The molecule has 0 amide bonds. The van der Waals surface area contributed by atoms with Gasteiger partial charge in [0.05, 0.1) is 6.10 Å². The molecule has 0 aliphatic heterocycles. The predicted octanol–water partition coefficient (Wildman–Crippen LogP) is 3.50. The number of rotatable bonds is 5. The molecule has 2 rings (SSSR count). The molecular formula is C15H22BrNO2. The molecule has 0 aromatic heterocycles. The minimum atomic E-state index is 0.274. The third-order valence-electron chi connectivity index (χ3n) is 3.59. The molecule has 1 aliphatic rings. The lowest BCUT2D eigenvalue weighted by Crippen LogP contribution is -2.29. The first-order chi connectivity index (χ1) is 9.22. The van der Waals surface area contributed by atoms with Crippen LogP contribution in [0.4, 0.5) is 0 Å². The van der Waals surface area contributed by atoms with Crippen molar-refractivity contribution in [3.8, 4) is 5.75 Å². The van der Waals surface area contributed by atoms with Gasteiger partial charge in [0, 0.05) is 30.1 Å². The SMILES string of the molecule is CNCc1cc(Br)ccc1OC1CCCC(OC)C1. The maximum atomic E-state index is 6.19. The van der Waals surface area contributed by atoms with Crippen LogP contribution in [-0.4, -0.2) is 26.4 Å². The Kier molecular flexibility index (Phi) is 5.67. The monoisotopic (exact) mass is 327 g/mol. The van der Waals surface area contributed by atoms with Gasteiger partial charge >= 0.3 is 0 Å². The second-order valence-corrected chi connectivity index (χ2v) is 5.96. The Balaban J connectivity index is 2.05. The summed E-state index contributed by atoms with van der Waals surface area (Å²) in [6, 6.07) is 6.20. The van der Waals surface area contributed by atoms with E-state index in [1.54, 1.807) is 7.11 Å². The molecule has 106 valence electrons. The van der Waals surface area contributed by atoms with Crippen LogP contribution in [0, 0.1) is 0 Å². The van der Waals surface area contributed by atoms with Gasteiger partial charge in [-0.15, -0.1) is 0 Å².